The molecular weight excluding hydrogens is 302 g/mol. The van der Waals surface area contributed by atoms with Crippen molar-refractivity contribution in [2.24, 2.45) is 0 Å². The van der Waals surface area contributed by atoms with Crippen LogP contribution >= 0.6 is 0 Å². The number of methoxy groups -OCH3 is 2. The van der Waals surface area contributed by atoms with E-state index in [1.807, 2.05) is 6.92 Å². The number of rotatable bonds is 4. The van der Waals surface area contributed by atoms with Crippen LogP contribution in [-0.2, 0) is 23.9 Å². The summed E-state index contributed by atoms with van der Waals surface area (Å²) in [7, 11) is 2.26. The Morgan fingerprint density at radius 1 is 1.17 bits per heavy atom. The molecule has 0 saturated heterocycles. The lowest BCUT2D eigenvalue weighted by Gasteiger charge is -2.35. The standard InChI is InChI=1S/C16H17NO6/c1-9-5-7-11(8-6-9)17-14(20)13(19)12(10(2)18)16(17,23-4)15(21)22-3/h5-8,19H,1-4H3/t16-/m0/s1. The molecule has 1 N–H and O–H groups in total. The van der Waals surface area contributed by atoms with E-state index >= 15 is 0 Å². The summed E-state index contributed by atoms with van der Waals surface area (Å²) < 4.78 is 9.98. The van der Waals surface area contributed by atoms with Gasteiger partial charge in [-0.3, -0.25) is 14.5 Å². The van der Waals surface area contributed by atoms with E-state index in [1.54, 1.807) is 24.3 Å². The number of esters is 1. The van der Waals surface area contributed by atoms with Gasteiger partial charge in [0, 0.05) is 12.8 Å². The third-order valence-electron chi connectivity index (χ3n) is 3.70. The van der Waals surface area contributed by atoms with E-state index < -0.39 is 34.7 Å². The first kappa shape index (κ1) is 16.7. The van der Waals surface area contributed by atoms with Gasteiger partial charge in [0.15, 0.2) is 11.5 Å². The zero-order valence-corrected chi connectivity index (χ0v) is 13.2. The number of carbonyl (C=O) groups excluding carboxylic acids is 3. The van der Waals surface area contributed by atoms with Crippen molar-refractivity contribution in [2.45, 2.75) is 19.6 Å². The Morgan fingerprint density at radius 2 is 1.74 bits per heavy atom. The van der Waals surface area contributed by atoms with Crippen molar-refractivity contribution in [3.05, 3.63) is 41.2 Å². The molecule has 0 radical (unpaired) electrons. The highest BCUT2D eigenvalue weighted by Gasteiger charge is 2.61. The average molecular weight is 319 g/mol. The van der Waals surface area contributed by atoms with Crippen LogP contribution in [0.2, 0.25) is 0 Å². The molecule has 0 aliphatic carbocycles. The number of Topliss-reactive ketones (excluding diaryl/α,β-unsaturated/α-hetero) is 1. The molecule has 0 bridgehead atoms. The molecule has 0 fully saturated rings. The van der Waals surface area contributed by atoms with Crippen molar-refractivity contribution < 1.29 is 29.0 Å². The van der Waals surface area contributed by atoms with E-state index in [4.69, 9.17) is 9.47 Å². The maximum absolute atomic E-state index is 12.5. The molecule has 0 saturated carbocycles. The maximum Gasteiger partial charge on any atom is 0.365 e. The fraction of sp³-hybridized carbons (Fsp3) is 0.312. The minimum atomic E-state index is -2.16. The zero-order valence-electron chi connectivity index (χ0n) is 13.2. The van der Waals surface area contributed by atoms with Crippen molar-refractivity contribution in [3.8, 4) is 0 Å². The molecule has 1 aliphatic heterocycles. The molecule has 7 nitrogen and oxygen atoms in total. The van der Waals surface area contributed by atoms with E-state index in [0.29, 0.717) is 0 Å². The van der Waals surface area contributed by atoms with Gasteiger partial charge in [-0.25, -0.2) is 4.79 Å². The van der Waals surface area contributed by atoms with Gasteiger partial charge in [-0.1, -0.05) is 17.7 Å². The summed E-state index contributed by atoms with van der Waals surface area (Å²) in [5.74, 6) is -3.39. The number of benzene rings is 1. The summed E-state index contributed by atoms with van der Waals surface area (Å²) in [5, 5.41) is 10.1. The monoisotopic (exact) mass is 319 g/mol. The number of ketones is 1. The Morgan fingerprint density at radius 3 is 2.17 bits per heavy atom. The molecule has 2 rings (SSSR count). The van der Waals surface area contributed by atoms with Crippen LogP contribution in [-0.4, -0.2) is 42.7 Å². The summed E-state index contributed by atoms with van der Waals surface area (Å²) in [6.07, 6.45) is 0. The first-order valence-corrected chi connectivity index (χ1v) is 6.80. The van der Waals surface area contributed by atoms with E-state index in [0.717, 1.165) is 31.6 Å². The normalized spacial score (nSPS) is 20.9. The smallest absolute Gasteiger partial charge is 0.365 e. The molecule has 1 atom stereocenters. The molecule has 0 spiro atoms. The predicted octanol–water partition coefficient (Wildman–Crippen LogP) is 1.26. The number of aliphatic hydroxyl groups excluding tert-OH is 1. The summed E-state index contributed by atoms with van der Waals surface area (Å²) in [4.78, 5) is 37.7. The molecule has 23 heavy (non-hydrogen) atoms. The van der Waals surface area contributed by atoms with Crippen molar-refractivity contribution >= 4 is 23.3 Å². The second-order valence-electron chi connectivity index (χ2n) is 5.10. The lowest BCUT2D eigenvalue weighted by Crippen LogP contribution is -2.57. The lowest BCUT2D eigenvalue weighted by molar-refractivity contribution is -0.162. The van der Waals surface area contributed by atoms with Gasteiger partial charge in [0.2, 0.25) is 0 Å². The number of anilines is 1. The highest BCUT2D eigenvalue weighted by molar-refractivity contribution is 6.22. The van der Waals surface area contributed by atoms with Crippen LogP contribution in [0.15, 0.2) is 35.6 Å². The number of carbonyl (C=O) groups is 3. The van der Waals surface area contributed by atoms with E-state index in [2.05, 4.69) is 0 Å². The summed E-state index contributed by atoms with van der Waals surface area (Å²) in [6.45, 7) is 2.99. The van der Waals surface area contributed by atoms with Crippen LogP contribution in [0.25, 0.3) is 0 Å². The molecule has 1 aliphatic rings. The van der Waals surface area contributed by atoms with Gasteiger partial charge in [-0.15, -0.1) is 0 Å². The number of amides is 1. The topological polar surface area (TPSA) is 93.1 Å². The number of aryl methyl sites for hydroxylation is 1. The third-order valence-corrected chi connectivity index (χ3v) is 3.70. The minimum Gasteiger partial charge on any atom is -0.503 e. The van der Waals surface area contributed by atoms with Crippen molar-refractivity contribution in [2.75, 3.05) is 19.1 Å². The first-order chi connectivity index (χ1) is 10.8. The Bertz CT molecular complexity index is 706. The summed E-state index contributed by atoms with van der Waals surface area (Å²) >= 11 is 0. The van der Waals surface area contributed by atoms with Crippen LogP contribution < -0.4 is 4.90 Å². The van der Waals surface area contributed by atoms with E-state index in [-0.39, 0.29) is 5.69 Å². The summed E-state index contributed by atoms with van der Waals surface area (Å²) in [5.41, 5.74) is -1.38. The molecule has 1 heterocycles. The number of aliphatic hydroxyl groups is 1. The Kier molecular flexibility index (Phi) is 4.24. The van der Waals surface area contributed by atoms with Crippen molar-refractivity contribution in [1.82, 2.24) is 0 Å². The van der Waals surface area contributed by atoms with Gasteiger partial charge in [0.05, 0.1) is 7.11 Å². The maximum atomic E-state index is 12.5. The van der Waals surface area contributed by atoms with Gasteiger partial charge in [-0.2, -0.15) is 0 Å². The molecule has 1 amide bonds. The molecule has 1 aromatic rings. The number of hydrogen-bond acceptors (Lipinski definition) is 6. The number of hydrogen-bond donors (Lipinski definition) is 1. The highest BCUT2D eigenvalue weighted by atomic mass is 16.6. The fourth-order valence-corrected chi connectivity index (χ4v) is 2.63. The van der Waals surface area contributed by atoms with Crippen molar-refractivity contribution in [1.29, 1.82) is 0 Å². The predicted molar refractivity (Wildman–Crippen MR) is 80.8 cm³/mol. The van der Waals surface area contributed by atoms with Crippen LogP contribution in [0.1, 0.15) is 12.5 Å². The lowest BCUT2D eigenvalue weighted by atomic mass is 9.99. The Hall–Kier alpha value is -2.67. The molecule has 0 unspecified atom stereocenters. The second-order valence-corrected chi connectivity index (χ2v) is 5.10. The Labute approximate surface area is 133 Å². The van der Waals surface area contributed by atoms with E-state index in [1.165, 1.54) is 0 Å². The van der Waals surface area contributed by atoms with Gasteiger partial charge in [0.1, 0.15) is 5.57 Å². The van der Waals surface area contributed by atoms with Crippen molar-refractivity contribution in [3.63, 3.8) is 0 Å². The van der Waals surface area contributed by atoms with Crippen LogP contribution in [0, 0.1) is 6.92 Å². The van der Waals surface area contributed by atoms with Gasteiger partial charge in [-0.05, 0) is 26.0 Å². The minimum absolute atomic E-state index is 0.288. The average Bonchev–Trinajstić information content (AvgIpc) is 2.76. The Balaban J connectivity index is 2.75. The molecular formula is C16H17NO6. The zero-order chi connectivity index (χ0) is 17.4. The SMILES string of the molecule is COC(=O)[C@@]1(OC)C(C(C)=O)=C(O)C(=O)N1c1ccc(C)cc1. The molecule has 0 aromatic heterocycles. The van der Waals surface area contributed by atoms with Gasteiger partial charge < -0.3 is 14.6 Å². The van der Waals surface area contributed by atoms with Gasteiger partial charge >= 0.3 is 5.97 Å². The first-order valence-electron chi connectivity index (χ1n) is 6.80. The van der Waals surface area contributed by atoms with Crippen LogP contribution in [0.5, 0.6) is 0 Å². The molecule has 1 aromatic carbocycles. The fourth-order valence-electron chi connectivity index (χ4n) is 2.63. The number of ether oxygens (including phenoxy) is 2. The highest BCUT2D eigenvalue weighted by Crippen LogP contribution is 2.40. The molecule has 7 heteroatoms. The summed E-state index contributed by atoms with van der Waals surface area (Å²) in [6, 6.07) is 6.62. The quantitative estimate of drug-likeness (QED) is 0.840. The molecule has 122 valence electrons. The van der Waals surface area contributed by atoms with Gasteiger partial charge in [0.25, 0.3) is 11.6 Å². The number of nitrogens with zero attached hydrogens (tertiary/aromatic N) is 1. The second kappa shape index (κ2) is 5.85. The van der Waals surface area contributed by atoms with Crippen LogP contribution in [0.3, 0.4) is 0 Å². The van der Waals surface area contributed by atoms with E-state index in [9.17, 15) is 19.5 Å². The largest absolute Gasteiger partial charge is 0.503 e. The third kappa shape index (κ3) is 2.29. The van der Waals surface area contributed by atoms with Crippen LogP contribution in [0.4, 0.5) is 5.69 Å².